The maximum atomic E-state index is 10.9. The van der Waals surface area contributed by atoms with Crippen molar-refractivity contribution in [1.29, 1.82) is 0 Å². The number of carbonyl (C=O) groups is 1. The Morgan fingerprint density at radius 2 is 2.04 bits per heavy atom. The second kappa shape index (κ2) is 7.10. The van der Waals surface area contributed by atoms with Gasteiger partial charge in [0.15, 0.2) is 5.69 Å². The molecule has 0 atom stereocenters. The van der Waals surface area contributed by atoms with E-state index in [2.05, 4.69) is 22.0 Å². The van der Waals surface area contributed by atoms with Crippen molar-refractivity contribution in [2.75, 3.05) is 20.2 Å². The number of methoxy groups -OCH3 is 1. The molecule has 0 bridgehead atoms. The minimum atomic E-state index is -0.940. The fraction of sp³-hybridized carbons (Fsp3) is 0.412. The number of carboxylic acids is 1. The molecule has 3 rings (SSSR count). The van der Waals surface area contributed by atoms with Crippen LogP contribution in [0.1, 0.15) is 39.8 Å². The third kappa shape index (κ3) is 3.89. The Morgan fingerprint density at radius 1 is 1.35 bits per heavy atom. The Labute approximate surface area is 139 Å². The molecule has 1 aliphatic heterocycles. The number of thiazole rings is 1. The van der Waals surface area contributed by atoms with Gasteiger partial charge in [0.2, 0.25) is 0 Å². The Kier molecular flexibility index (Phi) is 4.93. The maximum absolute atomic E-state index is 10.9. The SMILES string of the molecule is COc1ccc(CN2CCC(c3nc(C(=O)O)cs3)CC2)cc1. The second-order valence-electron chi connectivity index (χ2n) is 5.77. The van der Waals surface area contributed by atoms with E-state index in [1.54, 1.807) is 12.5 Å². The molecule has 23 heavy (non-hydrogen) atoms. The third-order valence-electron chi connectivity index (χ3n) is 4.24. The van der Waals surface area contributed by atoms with E-state index in [0.29, 0.717) is 5.92 Å². The highest BCUT2D eigenvalue weighted by Gasteiger charge is 2.23. The Hall–Kier alpha value is -1.92. The minimum Gasteiger partial charge on any atom is -0.497 e. The van der Waals surface area contributed by atoms with E-state index in [1.165, 1.54) is 16.9 Å². The molecule has 1 aliphatic rings. The van der Waals surface area contributed by atoms with Crippen molar-refractivity contribution in [1.82, 2.24) is 9.88 Å². The summed E-state index contributed by atoms with van der Waals surface area (Å²) in [7, 11) is 1.67. The topological polar surface area (TPSA) is 62.7 Å². The smallest absolute Gasteiger partial charge is 0.355 e. The lowest BCUT2D eigenvalue weighted by molar-refractivity contribution is 0.0691. The lowest BCUT2D eigenvalue weighted by Gasteiger charge is -2.31. The number of aromatic carboxylic acids is 1. The standard InChI is InChI=1S/C17H20N2O3S/c1-22-14-4-2-12(3-5-14)10-19-8-6-13(7-9-19)16-18-15(11-23-16)17(20)21/h2-5,11,13H,6-10H2,1H3,(H,20,21). The maximum Gasteiger partial charge on any atom is 0.355 e. The van der Waals surface area contributed by atoms with Crippen LogP contribution in [0.25, 0.3) is 0 Å². The number of rotatable bonds is 5. The summed E-state index contributed by atoms with van der Waals surface area (Å²) in [5.41, 5.74) is 1.46. The zero-order valence-electron chi connectivity index (χ0n) is 13.1. The number of hydrogen-bond acceptors (Lipinski definition) is 5. The highest BCUT2D eigenvalue weighted by atomic mass is 32.1. The van der Waals surface area contributed by atoms with Gasteiger partial charge in [-0.05, 0) is 43.6 Å². The van der Waals surface area contributed by atoms with Crippen molar-refractivity contribution in [3.63, 3.8) is 0 Å². The molecule has 2 aromatic rings. The summed E-state index contributed by atoms with van der Waals surface area (Å²) >= 11 is 1.47. The van der Waals surface area contributed by atoms with Gasteiger partial charge in [0.25, 0.3) is 0 Å². The van der Waals surface area contributed by atoms with Crippen LogP contribution in [-0.4, -0.2) is 41.2 Å². The number of nitrogens with zero attached hydrogens (tertiary/aromatic N) is 2. The molecule has 1 aromatic carbocycles. The van der Waals surface area contributed by atoms with Gasteiger partial charge in [-0.3, -0.25) is 4.90 Å². The molecule has 0 spiro atoms. The molecule has 1 fully saturated rings. The van der Waals surface area contributed by atoms with Crippen molar-refractivity contribution in [3.05, 3.63) is 45.9 Å². The summed E-state index contributed by atoms with van der Waals surface area (Å²) in [4.78, 5) is 17.6. The molecule has 0 aliphatic carbocycles. The zero-order chi connectivity index (χ0) is 16.2. The molecule has 122 valence electrons. The van der Waals surface area contributed by atoms with E-state index in [4.69, 9.17) is 9.84 Å². The van der Waals surface area contributed by atoms with Gasteiger partial charge < -0.3 is 9.84 Å². The summed E-state index contributed by atoms with van der Waals surface area (Å²) in [5, 5.41) is 11.6. The van der Waals surface area contributed by atoms with Crippen LogP contribution in [0, 0.1) is 0 Å². The van der Waals surface area contributed by atoms with Crippen LogP contribution in [0.4, 0.5) is 0 Å². The number of ether oxygens (including phenoxy) is 1. The first-order chi connectivity index (χ1) is 11.2. The van der Waals surface area contributed by atoms with Gasteiger partial charge in [-0.2, -0.15) is 0 Å². The molecule has 5 nitrogen and oxygen atoms in total. The molecule has 0 unspecified atom stereocenters. The number of likely N-dealkylation sites (tertiary alicyclic amines) is 1. The van der Waals surface area contributed by atoms with Crippen molar-refractivity contribution < 1.29 is 14.6 Å². The highest BCUT2D eigenvalue weighted by molar-refractivity contribution is 7.09. The molecule has 0 radical (unpaired) electrons. The first kappa shape index (κ1) is 16.0. The average Bonchev–Trinajstić information content (AvgIpc) is 3.07. The van der Waals surface area contributed by atoms with Crippen molar-refractivity contribution in [2.45, 2.75) is 25.3 Å². The third-order valence-corrected chi connectivity index (χ3v) is 5.25. The quantitative estimate of drug-likeness (QED) is 0.911. The molecule has 1 aromatic heterocycles. The van der Waals surface area contributed by atoms with Crippen LogP contribution >= 0.6 is 11.3 Å². The van der Waals surface area contributed by atoms with E-state index in [9.17, 15) is 4.79 Å². The molecule has 6 heteroatoms. The first-order valence-electron chi connectivity index (χ1n) is 7.69. The zero-order valence-corrected chi connectivity index (χ0v) is 13.9. The van der Waals surface area contributed by atoms with E-state index in [0.717, 1.165) is 43.2 Å². The van der Waals surface area contributed by atoms with E-state index in [1.807, 2.05) is 12.1 Å². The molecular weight excluding hydrogens is 312 g/mol. The van der Waals surface area contributed by atoms with Crippen LogP contribution in [-0.2, 0) is 6.54 Å². The van der Waals surface area contributed by atoms with Crippen LogP contribution in [0.5, 0.6) is 5.75 Å². The monoisotopic (exact) mass is 332 g/mol. The van der Waals surface area contributed by atoms with Crippen LogP contribution in [0.15, 0.2) is 29.6 Å². The molecule has 0 amide bonds. The van der Waals surface area contributed by atoms with Gasteiger partial charge in [-0.25, -0.2) is 9.78 Å². The molecular formula is C17H20N2O3S. The van der Waals surface area contributed by atoms with Gasteiger partial charge in [0.05, 0.1) is 12.1 Å². The second-order valence-corrected chi connectivity index (χ2v) is 6.66. The fourth-order valence-electron chi connectivity index (χ4n) is 2.90. The van der Waals surface area contributed by atoms with E-state index < -0.39 is 5.97 Å². The minimum absolute atomic E-state index is 0.172. The Balaban J connectivity index is 1.54. The fourth-order valence-corrected chi connectivity index (χ4v) is 3.87. The number of benzene rings is 1. The normalized spacial score (nSPS) is 16.4. The van der Waals surface area contributed by atoms with Gasteiger partial charge >= 0.3 is 5.97 Å². The van der Waals surface area contributed by atoms with Crippen LogP contribution < -0.4 is 4.74 Å². The van der Waals surface area contributed by atoms with Gasteiger partial charge in [-0.1, -0.05) is 12.1 Å². The van der Waals surface area contributed by atoms with Crippen molar-refractivity contribution in [2.24, 2.45) is 0 Å². The number of piperidine rings is 1. The predicted molar refractivity (Wildman–Crippen MR) is 89.3 cm³/mol. The number of aromatic nitrogens is 1. The largest absolute Gasteiger partial charge is 0.497 e. The van der Waals surface area contributed by atoms with Crippen LogP contribution in [0.2, 0.25) is 0 Å². The Bertz CT molecular complexity index is 661. The van der Waals surface area contributed by atoms with Gasteiger partial charge in [0.1, 0.15) is 5.75 Å². The highest BCUT2D eigenvalue weighted by Crippen LogP contribution is 2.31. The summed E-state index contributed by atoms with van der Waals surface area (Å²) < 4.78 is 5.18. The molecule has 1 saturated heterocycles. The van der Waals surface area contributed by atoms with Crippen LogP contribution in [0.3, 0.4) is 0 Å². The van der Waals surface area contributed by atoms with Gasteiger partial charge in [-0.15, -0.1) is 11.3 Å². The van der Waals surface area contributed by atoms with E-state index in [-0.39, 0.29) is 5.69 Å². The number of carboxylic acid groups (broad SMARTS) is 1. The summed E-state index contributed by atoms with van der Waals surface area (Å²) in [6.45, 7) is 2.96. The lowest BCUT2D eigenvalue weighted by atomic mass is 9.97. The van der Waals surface area contributed by atoms with Gasteiger partial charge in [0, 0.05) is 17.8 Å². The van der Waals surface area contributed by atoms with E-state index >= 15 is 0 Å². The summed E-state index contributed by atoms with van der Waals surface area (Å²) in [5.74, 6) is 0.329. The number of hydrogen-bond donors (Lipinski definition) is 1. The average molecular weight is 332 g/mol. The van der Waals surface area contributed by atoms with Crippen molar-refractivity contribution >= 4 is 17.3 Å². The first-order valence-corrected chi connectivity index (χ1v) is 8.57. The predicted octanol–water partition coefficient (Wildman–Crippen LogP) is 3.23. The Morgan fingerprint density at radius 3 is 2.61 bits per heavy atom. The molecule has 2 heterocycles. The molecule has 0 saturated carbocycles. The molecule has 1 N–H and O–H groups in total. The summed E-state index contributed by atoms with van der Waals surface area (Å²) in [6.07, 6.45) is 2.06. The summed E-state index contributed by atoms with van der Waals surface area (Å²) in [6, 6.07) is 8.19. The lowest BCUT2D eigenvalue weighted by Crippen LogP contribution is -2.32. The van der Waals surface area contributed by atoms with Crippen molar-refractivity contribution in [3.8, 4) is 5.75 Å².